The van der Waals surface area contributed by atoms with E-state index in [1.807, 2.05) is 16.7 Å². The average molecular weight is 259 g/mol. The number of carbonyl (C=O) groups excluding carboxylic acids is 1. The first-order chi connectivity index (χ1) is 9.15. The van der Waals surface area contributed by atoms with Gasteiger partial charge in [-0.3, -0.25) is 10.2 Å². The SMILES string of the molecule is CC(=O)O[C@H]1C=C[C@@H](n2cnc(=N)c3[nH]cnc32)C1. The van der Waals surface area contributed by atoms with E-state index in [-0.39, 0.29) is 23.6 Å². The van der Waals surface area contributed by atoms with Gasteiger partial charge in [0.25, 0.3) is 0 Å². The van der Waals surface area contributed by atoms with Gasteiger partial charge in [0.05, 0.1) is 18.7 Å². The number of carbonyl (C=O) groups is 1. The van der Waals surface area contributed by atoms with Crippen molar-refractivity contribution in [2.75, 3.05) is 0 Å². The smallest absolute Gasteiger partial charge is 0.303 e. The second kappa shape index (κ2) is 4.34. The van der Waals surface area contributed by atoms with Crippen LogP contribution in [0.4, 0.5) is 0 Å². The zero-order valence-electron chi connectivity index (χ0n) is 10.3. The van der Waals surface area contributed by atoms with Gasteiger partial charge in [-0.15, -0.1) is 0 Å². The molecule has 19 heavy (non-hydrogen) atoms. The molecule has 0 saturated heterocycles. The van der Waals surface area contributed by atoms with E-state index in [2.05, 4.69) is 15.0 Å². The molecule has 0 saturated carbocycles. The van der Waals surface area contributed by atoms with Crippen LogP contribution in [0.15, 0.2) is 24.8 Å². The van der Waals surface area contributed by atoms with Crippen LogP contribution in [0.2, 0.25) is 0 Å². The third-order valence-electron chi connectivity index (χ3n) is 3.11. The minimum atomic E-state index is -0.287. The molecule has 0 amide bonds. The number of allylic oxidation sites excluding steroid dienone is 1. The summed E-state index contributed by atoms with van der Waals surface area (Å²) >= 11 is 0. The summed E-state index contributed by atoms with van der Waals surface area (Å²) in [6.07, 6.45) is 7.42. The third kappa shape index (κ3) is 2.03. The van der Waals surface area contributed by atoms with E-state index in [1.165, 1.54) is 6.92 Å². The summed E-state index contributed by atoms with van der Waals surface area (Å²) in [7, 11) is 0. The second-order valence-electron chi connectivity index (χ2n) is 4.44. The van der Waals surface area contributed by atoms with Crippen molar-refractivity contribution in [2.24, 2.45) is 0 Å². The number of fused-ring (bicyclic) bond motifs is 1. The number of hydrogen-bond donors (Lipinski definition) is 2. The van der Waals surface area contributed by atoms with Crippen LogP contribution in [0.1, 0.15) is 19.4 Å². The molecule has 0 radical (unpaired) electrons. The predicted octanol–water partition coefficient (Wildman–Crippen LogP) is 0.672. The number of nitrogens with one attached hydrogen (secondary N) is 2. The first-order valence-electron chi connectivity index (χ1n) is 5.95. The van der Waals surface area contributed by atoms with E-state index in [9.17, 15) is 4.79 Å². The molecule has 0 unspecified atom stereocenters. The summed E-state index contributed by atoms with van der Waals surface area (Å²) in [5.41, 5.74) is 1.45. The third-order valence-corrected chi connectivity index (χ3v) is 3.11. The summed E-state index contributed by atoms with van der Waals surface area (Å²) in [5, 5.41) is 7.70. The van der Waals surface area contributed by atoms with E-state index in [0.29, 0.717) is 17.6 Å². The van der Waals surface area contributed by atoms with Gasteiger partial charge >= 0.3 is 5.97 Å². The molecule has 0 fully saturated rings. The lowest BCUT2D eigenvalue weighted by molar-refractivity contribution is -0.144. The van der Waals surface area contributed by atoms with Gasteiger partial charge < -0.3 is 14.3 Å². The van der Waals surface area contributed by atoms with Crippen molar-refractivity contribution in [1.82, 2.24) is 19.5 Å². The Morgan fingerprint density at radius 2 is 2.37 bits per heavy atom. The Kier molecular flexibility index (Phi) is 2.66. The molecule has 7 heteroatoms. The van der Waals surface area contributed by atoms with Crippen molar-refractivity contribution >= 4 is 17.1 Å². The topological polar surface area (TPSA) is 96.6 Å². The van der Waals surface area contributed by atoms with Crippen molar-refractivity contribution in [3.8, 4) is 0 Å². The number of hydrogen-bond acceptors (Lipinski definition) is 5. The average Bonchev–Trinajstić information content (AvgIpc) is 2.98. The van der Waals surface area contributed by atoms with Gasteiger partial charge in [0.1, 0.15) is 11.6 Å². The maximum absolute atomic E-state index is 10.9. The van der Waals surface area contributed by atoms with Gasteiger partial charge in [-0.25, -0.2) is 9.97 Å². The second-order valence-corrected chi connectivity index (χ2v) is 4.44. The van der Waals surface area contributed by atoms with Crippen LogP contribution < -0.4 is 5.49 Å². The highest BCUT2D eigenvalue weighted by Crippen LogP contribution is 2.26. The molecule has 0 spiro atoms. The molecule has 0 aromatic carbocycles. The highest BCUT2D eigenvalue weighted by Gasteiger charge is 2.23. The lowest BCUT2D eigenvalue weighted by Crippen LogP contribution is -2.18. The Labute approximate surface area is 108 Å². The molecule has 98 valence electrons. The molecular weight excluding hydrogens is 246 g/mol. The monoisotopic (exact) mass is 259 g/mol. The van der Waals surface area contributed by atoms with E-state index in [1.54, 1.807) is 12.7 Å². The van der Waals surface area contributed by atoms with Crippen molar-refractivity contribution in [3.63, 3.8) is 0 Å². The summed E-state index contributed by atoms with van der Waals surface area (Å²) < 4.78 is 7.03. The molecule has 1 aliphatic carbocycles. The lowest BCUT2D eigenvalue weighted by Gasteiger charge is -2.15. The Bertz CT molecular complexity index is 714. The van der Waals surface area contributed by atoms with E-state index in [0.717, 1.165) is 0 Å². The number of rotatable bonds is 2. The molecule has 0 bridgehead atoms. The van der Waals surface area contributed by atoms with E-state index < -0.39 is 0 Å². The van der Waals surface area contributed by atoms with Gasteiger partial charge in [-0.1, -0.05) is 6.08 Å². The standard InChI is InChI=1S/C12H13N5O2/c1-7(18)19-9-3-2-8(4-9)17-6-16-11(13)10-12(17)15-5-14-10/h2-3,5-6,8-9,13H,4H2,1H3,(H,14,15)/t8-,9+/m1/s1. The zero-order chi connectivity index (χ0) is 13.4. The van der Waals surface area contributed by atoms with E-state index >= 15 is 0 Å². The number of ether oxygens (including phenoxy) is 1. The highest BCUT2D eigenvalue weighted by atomic mass is 16.5. The number of esters is 1. The Balaban J connectivity index is 1.93. The first-order valence-corrected chi connectivity index (χ1v) is 5.95. The largest absolute Gasteiger partial charge is 0.458 e. The first kappa shape index (κ1) is 11.6. The number of H-pyrrole nitrogens is 1. The van der Waals surface area contributed by atoms with Crippen LogP contribution >= 0.6 is 0 Å². The van der Waals surface area contributed by atoms with Gasteiger partial charge in [0.2, 0.25) is 0 Å². The predicted molar refractivity (Wildman–Crippen MR) is 66.1 cm³/mol. The van der Waals surface area contributed by atoms with Crippen LogP contribution in [-0.4, -0.2) is 31.6 Å². The number of aromatic nitrogens is 4. The Morgan fingerprint density at radius 3 is 3.16 bits per heavy atom. The van der Waals surface area contributed by atoms with Crippen LogP contribution in [0, 0.1) is 5.41 Å². The van der Waals surface area contributed by atoms with Crippen LogP contribution in [0.25, 0.3) is 11.2 Å². The molecule has 7 nitrogen and oxygen atoms in total. The quantitative estimate of drug-likeness (QED) is 0.612. The molecule has 0 aliphatic heterocycles. The fraction of sp³-hybridized carbons (Fsp3) is 0.333. The molecular formula is C12H13N5O2. The molecule has 2 atom stereocenters. The maximum Gasteiger partial charge on any atom is 0.303 e. The molecule has 3 rings (SSSR count). The van der Waals surface area contributed by atoms with Crippen molar-refractivity contribution in [2.45, 2.75) is 25.5 Å². The van der Waals surface area contributed by atoms with E-state index in [4.69, 9.17) is 10.1 Å². The van der Waals surface area contributed by atoms with Crippen LogP contribution in [-0.2, 0) is 9.53 Å². The fourth-order valence-corrected chi connectivity index (χ4v) is 2.29. The summed E-state index contributed by atoms with van der Waals surface area (Å²) in [6.45, 7) is 1.40. The Morgan fingerprint density at radius 1 is 1.53 bits per heavy atom. The van der Waals surface area contributed by atoms with Crippen molar-refractivity contribution in [3.05, 3.63) is 30.3 Å². The van der Waals surface area contributed by atoms with Gasteiger partial charge in [0, 0.05) is 13.3 Å². The molecule has 2 aromatic heterocycles. The highest BCUT2D eigenvalue weighted by molar-refractivity contribution is 5.68. The van der Waals surface area contributed by atoms with Crippen LogP contribution in [0.3, 0.4) is 0 Å². The number of aromatic amines is 1. The number of nitrogens with zero attached hydrogens (tertiary/aromatic N) is 3. The van der Waals surface area contributed by atoms with Gasteiger partial charge in [-0.2, -0.15) is 0 Å². The normalized spacial score (nSPS) is 21.9. The molecule has 1 aliphatic rings. The number of imidazole rings is 1. The lowest BCUT2D eigenvalue weighted by atomic mass is 10.2. The summed E-state index contributed by atoms with van der Waals surface area (Å²) in [4.78, 5) is 22.1. The van der Waals surface area contributed by atoms with Crippen molar-refractivity contribution in [1.29, 1.82) is 5.41 Å². The van der Waals surface area contributed by atoms with Crippen molar-refractivity contribution < 1.29 is 9.53 Å². The minimum absolute atomic E-state index is 0.0308. The van der Waals surface area contributed by atoms with Crippen LogP contribution in [0.5, 0.6) is 0 Å². The van der Waals surface area contributed by atoms with Gasteiger partial charge in [-0.05, 0) is 6.08 Å². The zero-order valence-corrected chi connectivity index (χ0v) is 10.3. The Hall–Kier alpha value is -2.44. The summed E-state index contributed by atoms with van der Waals surface area (Å²) in [6, 6.07) is 0.0308. The maximum atomic E-state index is 10.9. The molecule has 2 aromatic rings. The van der Waals surface area contributed by atoms with Gasteiger partial charge in [0.15, 0.2) is 11.1 Å². The molecule has 2 heterocycles. The fourth-order valence-electron chi connectivity index (χ4n) is 2.29. The summed E-state index contributed by atoms with van der Waals surface area (Å²) in [5.74, 6) is -0.287. The molecule has 2 N–H and O–H groups in total. The minimum Gasteiger partial charge on any atom is -0.458 e.